The molecule has 2 heterocycles. The molecule has 0 saturated carbocycles. The first-order valence-electron chi connectivity index (χ1n) is 10.0. The second-order valence-electron chi connectivity index (χ2n) is 7.25. The lowest BCUT2D eigenvalue weighted by atomic mass is 9.92. The van der Waals surface area contributed by atoms with Crippen LogP contribution in [0.4, 0.5) is 5.82 Å². The summed E-state index contributed by atoms with van der Waals surface area (Å²) < 4.78 is 10.8. The van der Waals surface area contributed by atoms with Crippen molar-refractivity contribution < 1.29 is 19.7 Å². The van der Waals surface area contributed by atoms with E-state index in [-0.39, 0.29) is 6.61 Å². The molecule has 1 aromatic heterocycles. The number of ether oxygens (including phenoxy) is 2. The Bertz CT molecular complexity index is 716. The van der Waals surface area contributed by atoms with Crippen LogP contribution in [0, 0.1) is 0 Å². The maximum atomic E-state index is 11.0. The minimum Gasteiger partial charge on any atom is -0.491 e. The SMILES string of the molecule is OCCOCCOc1ccc(CNC[C@]2(O)CCCN(c3cnccn3)C2)cc1. The van der Waals surface area contributed by atoms with Gasteiger partial charge in [-0.3, -0.25) is 4.98 Å². The van der Waals surface area contributed by atoms with E-state index in [9.17, 15) is 5.11 Å². The van der Waals surface area contributed by atoms with Gasteiger partial charge in [0, 0.05) is 38.6 Å². The maximum Gasteiger partial charge on any atom is 0.147 e. The third-order valence-electron chi connectivity index (χ3n) is 4.87. The molecule has 0 amide bonds. The number of rotatable bonds is 11. The first-order valence-corrected chi connectivity index (χ1v) is 10.0. The van der Waals surface area contributed by atoms with Gasteiger partial charge in [-0.25, -0.2) is 4.98 Å². The van der Waals surface area contributed by atoms with Gasteiger partial charge in [-0.05, 0) is 30.5 Å². The van der Waals surface area contributed by atoms with Gasteiger partial charge in [-0.2, -0.15) is 0 Å². The Balaban J connectivity index is 1.41. The van der Waals surface area contributed by atoms with E-state index in [4.69, 9.17) is 14.6 Å². The number of aromatic nitrogens is 2. The largest absolute Gasteiger partial charge is 0.491 e. The Kier molecular flexibility index (Phi) is 8.18. The number of nitrogens with one attached hydrogen (secondary N) is 1. The molecule has 3 rings (SSSR count). The van der Waals surface area contributed by atoms with Crippen molar-refractivity contribution in [3.8, 4) is 5.75 Å². The molecule has 1 saturated heterocycles. The number of anilines is 1. The second-order valence-corrected chi connectivity index (χ2v) is 7.25. The van der Waals surface area contributed by atoms with Crippen molar-refractivity contribution in [2.75, 3.05) is 51.0 Å². The Hall–Kier alpha value is -2.26. The second kappa shape index (κ2) is 11.1. The van der Waals surface area contributed by atoms with Gasteiger partial charge in [-0.1, -0.05) is 12.1 Å². The number of nitrogens with zero attached hydrogens (tertiary/aromatic N) is 3. The zero-order valence-corrected chi connectivity index (χ0v) is 16.7. The van der Waals surface area contributed by atoms with Crippen LogP contribution >= 0.6 is 0 Å². The molecule has 1 aliphatic rings. The number of aliphatic hydroxyl groups excluding tert-OH is 1. The van der Waals surface area contributed by atoms with Crippen molar-refractivity contribution in [1.29, 1.82) is 0 Å². The number of aliphatic hydroxyl groups is 2. The van der Waals surface area contributed by atoms with Crippen LogP contribution in [0.25, 0.3) is 0 Å². The van der Waals surface area contributed by atoms with Crippen LogP contribution in [0.5, 0.6) is 5.75 Å². The van der Waals surface area contributed by atoms with Gasteiger partial charge in [0.05, 0.1) is 31.6 Å². The summed E-state index contributed by atoms with van der Waals surface area (Å²) in [6, 6.07) is 7.86. The highest BCUT2D eigenvalue weighted by molar-refractivity contribution is 5.36. The molecule has 0 bridgehead atoms. The van der Waals surface area contributed by atoms with E-state index in [2.05, 4.69) is 20.2 Å². The summed E-state index contributed by atoms with van der Waals surface area (Å²) in [5.41, 5.74) is 0.340. The molecule has 29 heavy (non-hydrogen) atoms. The average molecular weight is 402 g/mol. The molecule has 1 aliphatic heterocycles. The lowest BCUT2D eigenvalue weighted by Gasteiger charge is -2.39. The lowest BCUT2D eigenvalue weighted by Crippen LogP contribution is -2.53. The number of β-amino-alcohol motifs (C(OH)–C–C–N with tert-alkyl or cyclic N) is 1. The first kappa shape index (κ1) is 21.4. The van der Waals surface area contributed by atoms with Crippen LogP contribution in [0.15, 0.2) is 42.9 Å². The quantitative estimate of drug-likeness (QED) is 0.479. The van der Waals surface area contributed by atoms with E-state index >= 15 is 0 Å². The highest BCUT2D eigenvalue weighted by Crippen LogP contribution is 2.24. The predicted molar refractivity (Wildman–Crippen MR) is 110 cm³/mol. The number of piperidine rings is 1. The maximum absolute atomic E-state index is 11.0. The van der Waals surface area contributed by atoms with Crippen LogP contribution < -0.4 is 15.0 Å². The Morgan fingerprint density at radius 2 is 2.00 bits per heavy atom. The van der Waals surface area contributed by atoms with Crippen molar-refractivity contribution in [2.45, 2.75) is 25.0 Å². The Morgan fingerprint density at radius 1 is 1.14 bits per heavy atom. The molecule has 0 spiro atoms. The minimum atomic E-state index is -0.784. The van der Waals surface area contributed by atoms with Crippen LogP contribution in [0.3, 0.4) is 0 Å². The summed E-state index contributed by atoms with van der Waals surface area (Å²) in [6.07, 6.45) is 6.76. The van der Waals surface area contributed by atoms with Crippen molar-refractivity contribution in [3.05, 3.63) is 48.4 Å². The third kappa shape index (κ3) is 6.93. The van der Waals surface area contributed by atoms with Crippen LogP contribution in [0.2, 0.25) is 0 Å². The van der Waals surface area contributed by atoms with Crippen molar-refractivity contribution in [1.82, 2.24) is 15.3 Å². The number of hydrogen-bond acceptors (Lipinski definition) is 8. The van der Waals surface area contributed by atoms with Gasteiger partial charge < -0.3 is 29.9 Å². The van der Waals surface area contributed by atoms with E-state index < -0.39 is 5.60 Å². The molecular formula is C21H30N4O4. The highest BCUT2D eigenvalue weighted by atomic mass is 16.5. The molecule has 1 aromatic carbocycles. The monoisotopic (exact) mass is 402 g/mol. The molecule has 1 atom stereocenters. The normalized spacial score (nSPS) is 19.3. The summed E-state index contributed by atoms with van der Waals surface area (Å²) in [4.78, 5) is 10.6. The van der Waals surface area contributed by atoms with E-state index in [0.717, 1.165) is 36.5 Å². The van der Waals surface area contributed by atoms with Gasteiger partial charge in [-0.15, -0.1) is 0 Å². The van der Waals surface area contributed by atoms with Crippen LogP contribution in [-0.2, 0) is 11.3 Å². The fourth-order valence-corrected chi connectivity index (χ4v) is 3.43. The predicted octanol–water partition coefficient (Wildman–Crippen LogP) is 0.985. The van der Waals surface area contributed by atoms with Crippen molar-refractivity contribution in [2.24, 2.45) is 0 Å². The minimum absolute atomic E-state index is 0.0230. The molecule has 158 valence electrons. The Labute approximate surface area is 171 Å². The summed E-state index contributed by atoms with van der Waals surface area (Å²) in [6.45, 7) is 3.88. The molecule has 0 aliphatic carbocycles. The molecular weight excluding hydrogens is 372 g/mol. The van der Waals surface area contributed by atoms with Gasteiger partial charge in [0.25, 0.3) is 0 Å². The topological polar surface area (TPSA) is 100.0 Å². The van der Waals surface area contributed by atoms with Gasteiger partial charge in [0.15, 0.2) is 0 Å². The molecule has 0 unspecified atom stereocenters. The van der Waals surface area contributed by atoms with E-state index in [1.165, 1.54) is 0 Å². The smallest absolute Gasteiger partial charge is 0.147 e. The van der Waals surface area contributed by atoms with Gasteiger partial charge in [0.2, 0.25) is 0 Å². The molecule has 8 heteroatoms. The van der Waals surface area contributed by atoms with E-state index in [1.54, 1.807) is 18.6 Å². The van der Waals surface area contributed by atoms with Gasteiger partial charge >= 0.3 is 0 Å². The summed E-state index contributed by atoms with van der Waals surface area (Å²) >= 11 is 0. The zero-order chi connectivity index (χ0) is 20.4. The van der Waals surface area contributed by atoms with Gasteiger partial charge in [0.1, 0.15) is 18.2 Å². The van der Waals surface area contributed by atoms with Crippen molar-refractivity contribution >= 4 is 5.82 Å². The molecule has 0 radical (unpaired) electrons. The molecule has 3 N–H and O–H groups in total. The summed E-state index contributed by atoms with van der Waals surface area (Å²) in [7, 11) is 0. The summed E-state index contributed by atoms with van der Waals surface area (Å²) in [5.74, 6) is 1.59. The first-order chi connectivity index (χ1) is 14.2. The average Bonchev–Trinajstić information content (AvgIpc) is 2.75. The molecule has 1 fully saturated rings. The lowest BCUT2D eigenvalue weighted by molar-refractivity contribution is 0.0258. The van der Waals surface area contributed by atoms with E-state index in [1.807, 2.05) is 24.3 Å². The fraction of sp³-hybridized carbons (Fsp3) is 0.524. The number of benzene rings is 1. The van der Waals surface area contributed by atoms with E-state index in [0.29, 0.717) is 39.5 Å². The Morgan fingerprint density at radius 3 is 2.76 bits per heavy atom. The van der Waals surface area contributed by atoms with Crippen molar-refractivity contribution in [3.63, 3.8) is 0 Å². The standard InChI is InChI=1S/C21H30N4O4/c26-10-11-28-12-13-29-19-4-2-18(3-5-19)14-23-16-21(27)6-1-9-25(17-21)20-15-22-7-8-24-20/h2-5,7-8,15,23,26-27H,1,6,9-14,16-17H2/t21-/m1/s1. The molecule has 8 nitrogen and oxygen atoms in total. The number of hydrogen-bond donors (Lipinski definition) is 3. The fourth-order valence-electron chi connectivity index (χ4n) is 3.43. The summed E-state index contributed by atoms with van der Waals surface area (Å²) in [5, 5.41) is 23.0. The molecule has 2 aromatic rings. The highest BCUT2D eigenvalue weighted by Gasteiger charge is 2.33. The van der Waals surface area contributed by atoms with Crippen LogP contribution in [0.1, 0.15) is 18.4 Å². The third-order valence-corrected chi connectivity index (χ3v) is 4.87. The van der Waals surface area contributed by atoms with Crippen LogP contribution in [-0.4, -0.2) is 71.8 Å². The zero-order valence-electron chi connectivity index (χ0n) is 16.7.